The molecule has 17 heavy (non-hydrogen) atoms. The maximum absolute atomic E-state index is 13.5. The fraction of sp³-hybridized carbons (Fsp3) is 0.417. The van der Waals surface area contributed by atoms with E-state index < -0.39 is 17.3 Å². The Morgan fingerprint density at radius 1 is 1.53 bits per heavy atom. The molecule has 0 spiro atoms. The first kappa shape index (κ1) is 14.1. The standard InChI is InChI=1S/C12H15BrFNO2/c1-12(2,5-6-16)15-11(17)9-4-3-8(13)7-10(9)14/h3-4,7,16H,5-6H2,1-2H3,(H,15,17). The molecule has 0 radical (unpaired) electrons. The van der Waals surface area contributed by atoms with E-state index in [2.05, 4.69) is 21.2 Å². The van der Waals surface area contributed by atoms with Gasteiger partial charge in [-0.1, -0.05) is 15.9 Å². The molecular weight excluding hydrogens is 289 g/mol. The van der Waals surface area contributed by atoms with Crippen molar-refractivity contribution in [2.45, 2.75) is 25.8 Å². The van der Waals surface area contributed by atoms with Gasteiger partial charge in [0.1, 0.15) is 5.82 Å². The zero-order valence-corrected chi connectivity index (χ0v) is 11.3. The van der Waals surface area contributed by atoms with Crippen molar-refractivity contribution in [2.24, 2.45) is 0 Å². The van der Waals surface area contributed by atoms with Gasteiger partial charge in [-0.15, -0.1) is 0 Å². The van der Waals surface area contributed by atoms with Crippen molar-refractivity contribution in [1.29, 1.82) is 0 Å². The molecule has 0 saturated carbocycles. The van der Waals surface area contributed by atoms with E-state index in [0.717, 1.165) is 0 Å². The number of nitrogens with one attached hydrogen (secondary N) is 1. The van der Waals surface area contributed by atoms with Crippen molar-refractivity contribution in [2.75, 3.05) is 6.61 Å². The minimum absolute atomic E-state index is 0.000727. The minimum atomic E-state index is -0.573. The highest BCUT2D eigenvalue weighted by molar-refractivity contribution is 9.10. The van der Waals surface area contributed by atoms with Crippen LogP contribution >= 0.6 is 15.9 Å². The second kappa shape index (κ2) is 5.60. The smallest absolute Gasteiger partial charge is 0.254 e. The van der Waals surface area contributed by atoms with Gasteiger partial charge in [-0.25, -0.2) is 4.39 Å². The third-order valence-electron chi connectivity index (χ3n) is 2.36. The van der Waals surface area contributed by atoms with Crippen LogP contribution in [0.15, 0.2) is 22.7 Å². The molecule has 94 valence electrons. The van der Waals surface area contributed by atoms with Gasteiger partial charge in [0.2, 0.25) is 0 Å². The normalized spacial score (nSPS) is 11.4. The summed E-state index contributed by atoms with van der Waals surface area (Å²) in [6.07, 6.45) is 0.414. The Bertz CT molecular complexity index is 421. The zero-order chi connectivity index (χ0) is 13.1. The Morgan fingerprint density at radius 3 is 2.71 bits per heavy atom. The monoisotopic (exact) mass is 303 g/mol. The Morgan fingerprint density at radius 2 is 2.18 bits per heavy atom. The van der Waals surface area contributed by atoms with E-state index in [9.17, 15) is 9.18 Å². The number of carbonyl (C=O) groups excluding carboxylic acids is 1. The molecule has 0 atom stereocenters. The third-order valence-corrected chi connectivity index (χ3v) is 2.86. The van der Waals surface area contributed by atoms with Crippen LogP contribution in [0.2, 0.25) is 0 Å². The molecule has 1 amide bonds. The number of amides is 1. The van der Waals surface area contributed by atoms with Crippen LogP contribution in [0.25, 0.3) is 0 Å². The van der Waals surface area contributed by atoms with Crippen molar-refractivity contribution in [3.05, 3.63) is 34.1 Å². The highest BCUT2D eigenvalue weighted by Gasteiger charge is 2.22. The van der Waals surface area contributed by atoms with E-state index in [-0.39, 0.29) is 12.2 Å². The number of hydrogen-bond donors (Lipinski definition) is 2. The van der Waals surface area contributed by atoms with Gasteiger partial charge < -0.3 is 10.4 Å². The van der Waals surface area contributed by atoms with Crippen LogP contribution in [0.5, 0.6) is 0 Å². The average molecular weight is 304 g/mol. The van der Waals surface area contributed by atoms with Gasteiger partial charge in [-0.3, -0.25) is 4.79 Å². The topological polar surface area (TPSA) is 49.3 Å². The second-order valence-corrected chi connectivity index (χ2v) is 5.35. The molecule has 0 unspecified atom stereocenters. The van der Waals surface area contributed by atoms with E-state index in [4.69, 9.17) is 5.11 Å². The molecule has 1 rings (SSSR count). The fourth-order valence-corrected chi connectivity index (χ4v) is 1.72. The van der Waals surface area contributed by atoms with Crippen molar-refractivity contribution < 1.29 is 14.3 Å². The lowest BCUT2D eigenvalue weighted by atomic mass is 10.0. The molecule has 2 N–H and O–H groups in total. The minimum Gasteiger partial charge on any atom is -0.396 e. The highest BCUT2D eigenvalue weighted by Crippen LogP contribution is 2.16. The van der Waals surface area contributed by atoms with E-state index in [0.29, 0.717) is 10.9 Å². The molecule has 0 aliphatic heterocycles. The van der Waals surface area contributed by atoms with Crippen LogP contribution in [0.3, 0.4) is 0 Å². The van der Waals surface area contributed by atoms with Gasteiger partial charge in [0.05, 0.1) is 5.56 Å². The summed E-state index contributed by atoms with van der Waals surface area (Å²) in [5.41, 5.74) is -0.565. The summed E-state index contributed by atoms with van der Waals surface area (Å²) in [4.78, 5) is 11.8. The summed E-state index contributed by atoms with van der Waals surface area (Å²) < 4.78 is 14.1. The predicted molar refractivity (Wildman–Crippen MR) is 67.3 cm³/mol. The largest absolute Gasteiger partial charge is 0.396 e. The van der Waals surface area contributed by atoms with Crippen molar-refractivity contribution in [3.63, 3.8) is 0 Å². The lowest BCUT2D eigenvalue weighted by molar-refractivity contribution is 0.0895. The number of hydrogen-bond acceptors (Lipinski definition) is 2. The number of aliphatic hydroxyl groups excluding tert-OH is 1. The number of halogens is 2. The maximum Gasteiger partial charge on any atom is 0.254 e. The summed E-state index contributed by atoms with van der Waals surface area (Å²) in [5, 5.41) is 11.5. The number of carbonyl (C=O) groups is 1. The molecular formula is C12H15BrFNO2. The number of rotatable bonds is 4. The quantitative estimate of drug-likeness (QED) is 0.898. The predicted octanol–water partition coefficient (Wildman–Crippen LogP) is 2.48. The number of benzene rings is 1. The summed E-state index contributed by atoms with van der Waals surface area (Å²) in [6, 6.07) is 4.27. The molecule has 3 nitrogen and oxygen atoms in total. The zero-order valence-electron chi connectivity index (χ0n) is 9.76. The van der Waals surface area contributed by atoms with Crippen molar-refractivity contribution in [3.8, 4) is 0 Å². The van der Waals surface area contributed by atoms with Crippen LogP contribution in [0, 0.1) is 5.82 Å². The van der Waals surface area contributed by atoms with Gasteiger partial charge >= 0.3 is 0 Å². The van der Waals surface area contributed by atoms with Crippen LogP contribution in [-0.2, 0) is 0 Å². The molecule has 0 aliphatic rings. The maximum atomic E-state index is 13.5. The molecule has 0 bridgehead atoms. The van der Waals surface area contributed by atoms with E-state index in [1.807, 2.05) is 0 Å². The Labute approximate surface area is 108 Å². The second-order valence-electron chi connectivity index (χ2n) is 4.44. The molecule has 0 fully saturated rings. The van der Waals surface area contributed by atoms with Crippen LogP contribution < -0.4 is 5.32 Å². The summed E-state index contributed by atoms with van der Waals surface area (Å²) in [7, 11) is 0. The molecule has 0 aromatic heterocycles. The van der Waals surface area contributed by atoms with Crippen LogP contribution in [0.4, 0.5) is 4.39 Å². The Hall–Kier alpha value is -0.940. The molecule has 1 aromatic rings. The summed E-state index contributed by atoms with van der Waals surface area (Å²) in [6.45, 7) is 3.52. The lowest BCUT2D eigenvalue weighted by Crippen LogP contribution is -2.44. The van der Waals surface area contributed by atoms with E-state index in [1.54, 1.807) is 19.9 Å². The van der Waals surface area contributed by atoms with Crippen molar-refractivity contribution >= 4 is 21.8 Å². The lowest BCUT2D eigenvalue weighted by Gasteiger charge is -2.25. The first-order valence-electron chi connectivity index (χ1n) is 5.24. The summed E-state index contributed by atoms with van der Waals surface area (Å²) >= 11 is 3.13. The van der Waals surface area contributed by atoms with Gasteiger partial charge in [-0.05, 0) is 38.5 Å². The van der Waals surface area contributed by atoms with Gasteiger partial charge in [-0.2, -0.15) is 0 Å². The first-order valence-corrected chi connectivity index (χ1v) is 6.03. The van der Waals surface area contributed by atoms with Gasteiger partial charge in [0, 0.05) is 16.6 Å². The fourth-order valence-electron chi connectivity index (χ4n) is 1.39. The molecule has 0 saturated heterocycles. The Kier molecular flexibility index (Phi) is 4.65. The number of aliphatic hydroxyl groups is 1. The van der Waals surface area contributed by atoms with Crippen LogP contribution in [-0.4, -0.2) is 23.2 Å². The highest BCUT2D eigenvalue weighted by atomic mass is 79.9. The summed E-state index contributed by atoms with van der Waals surface area (Å²) in [5.74, 6) is -1.05. The molecule has 5 heteroatoms. The van der Waals surface area contributed by atoms with Gasteiger partial charge in [0.15, 0.2) is 0 Å². The molecule has 0 aliphatic carbocycles. The SMILES string of the molecule is CC(C)(CCO)NC(=O)c1ccc(Br)cc1F. The van der Waals surface area contributed by atoms with Crippen molar-refractivity contribution in [1.82, 2.24) is 5.32 Å². The van der Waals surface area contributed by atoms with E-state index in [1.165, 1.54) is 12.1 Å². The van der Waals surface area contributed by atoms with E-state index >= 15 is 0 Å². The third kappa shape index (κ3) is 4.09. The Balaban J connectivity index is 2.83. The van der Waals surface area contributed by atoms with Crippen LogP contribution in [0.1, 0.15) is 30.6 Å². The first-order chi connectivity index (χ1) is 7.85. The average Bonchev–Trinajstić information content (AvgIpc) is 2.15. The molecule has 0 heterocycles. The molecule has 1 aromatic carbocycles. The van der Waals surface area contributed by atoms with Gasteiger partial charge in [0.25, 0.3) is 5.91 Å².